The monoisotopic (exact) mass is 430 g/mol. The molecule has 1 aliphatic heterocycles. The summed E-state index contributed by atoms with van der Waals surface area (Å²) in [6.07, 6.45) is 3.50. The fraction of sp³-hybridized carbons (Fsp3) is 0.524. The number of nitrogens with zero attached hydrogens (tertiary/aromatic N) is 4. The molecule has 2 aromatic rings. The second-order valence-electron chi connectivity index (χ2n) is 7.85. The van der Waals surface area contributed by atoms with Crippen molar-refractivity contribution in [2.45, 2.75) is 50.4 Å². The van der Waals surface area contributed by atoms with Crippen molar-refractivity contribution in [1.82, 2.24) is 25.4 Å². The number of hydrogen-bond acceptors (Lipinski definition) is 6. The number of thioether (sulfide) groups is 1. The molecule has 0 bridgehead atoms. The lowest BCUT2D eigenvalue weighted by molar-refractivity contribution is -0.119. The number of urea groups is 1. The van der Waals surface area contributed by atoms with Crippen LogP contribution in [0.5, 0.6) is 0 Å². The van der Waals surface area contributed by atoms with Gasteiger partial charge >= 0.3 is 6.03 Å². The number of carbonyl (C=O) groups is 2. The summed E-state index contributed by atoms with van der Waals surface area (Å²) in [4.78, 5) is 26.7. The zero-order valence-corrected chi connectivity index (χ0v) is 18.6. The number of rotatable bonds is 7. The Morgan fingerprint density at radius 2 is 1.77 bits per heavy atom. The van der Waals surface area contributed by atoms with Gasteiger partial charge in [0.2, 0.25) is 11.9 Å². The first-order valence-corrected chi connectivity index (χ1v) is 11.3. The van der Waals surface area contributed by atoms with Crippen LogP contribution < -0.4 is 15.5 Å². The lowest BCUT2D eigenvalue weighted by Gasteiger charge is -2.28. The van der Waals surface area contributed by atoms with E-state index in [-0.39, 0.29) is 5.91 Å². The standard InChI is InChI=1S/C21H30N6O2S/c1-15(2)14-22-19(29)23-18(28)16(3)30-21-25-24-20(26-12-8-5-9-13-26)27(21)17-10-6-4-7-11-17/h4,6-7,10-11,15-16H,5,8-9,12-14H2,1-3H3,(H2,22,23,28,29). The maximum atomic E-state index is 12.5. The van der Waals surface area contributed by atoms with Gasteiger partial charge in [-0.05, 0) is 44.2 Å². The van der Waals surface area contributed by atoms with Crippen molar-refractivity contribution < 1.29 is 9.59 Å². The molecular formula is C21H30N6O2S. The van der Waals surface area contributed by atoms with E-state index in [2.05, 4.69) is 25.7 Å². The molecule has 1 unspecified atom stereocenters. The van der Waals surface area contributed by atoms with Gasteiger partial charge in [0.05, 0.1) is 10.9 Å². The molecule has 3 amide bonds. The van der Waals surface area contributed by atoms with Gasteiger partial charge in [-0.25, -0.2) is 4.79 Å². The van der Waals surface area contributed by atoms with Gasteiger partial charge in [0, 0.05) is 19.6 Å². The maximum absolute atomic E-state index is 12.5. The number of hydrogen-bond donors (Lipinski definition) is 2. The first-order valence-electron chi connectivity index (χ1n) is 10.5. The molecule has 2 heterocycles. The van der Waals surface area contributed by atoms with Crippen LogP contribution in [0.1, 0.15) is 40.0 Å². The van der Waals surface area contributed by atoms with Gasteiger partial charge in [-0.3, -0.25) is 14.7 Å². The molecule has 1 aromatic carbocycles. The van der Waals surface area contributed by atoms with Crippen LogP contribution in [0.4, 0.5) is 10.7 Å². The summed E-state index contributed by atoms with van der Waals surface area (Å²) >= 11 is 1.29. The number of amides is 3. The van der Waals surface area contributed by atoms with Gasteiger partial charge in [-0.1, -0.05) is 43.8 Å². The number of aromatic nitrogens is 3. The van der Waals surface area contributed by atoms with Gasteiger partial charge < -0.3 is 10.2 Å². The molecule has 8 nitrogen and oxygen atoms in total. The van der Waals surface area contributed by atoms with E-state index >= 15 is 0 Å². The number of imide groups is 1. The summed E-state index contributed by atoms with van der Waals surface area (Å²) in [5.74, 6) is 0.754. The van der Waals surface area contributed by atoms with E-state index in [1.165, 1.54) is 18.2 Å². The van der Waals surface area contributed by atoms with Crippen molar-refractivity contribution >= 4 is 29.6 Å². The summed E-state index contributed by atoms with van der Waals surface area (Å²) < 4.78 is 2.00. The van der Waals surface area contributed by atoms with Crippen molar-refractivity contribution in [2.24, 2.45) is 5.92 Å². The lowest BCUT2D eigenvalue weighted by atomic mass is 10.1. The van der Waals surface area contributed by atoms with Gasteiger partial charge in [-0.2, -0.15) is 0 Å². The summed E-state index contributed by atoms with van der Waals surface area (Å²) in [6, 6.07) is 9.45. The maximum Gasteiger partial charge on any atom is 0.321 e. The Labute approximate surface area is 181 Å². The number of carbonyl (C=O) groups excluding carboxylic acids is 2. The molecule has 162 valence electrons. The molecule has 1 atom stereocenters. The minimum absolute atomic E-state index is 0.315. The van der Waals surface area contributed by atoms with Crippen molar-refractivity contribution in [3.8, 4) is 5.69 Å². The Balaban J connectivity index is 1.76. The predicted octanol–water partition coefficient (Wildman–Crippen LogP) is 3.22. The van der Waals surface area contributed by atoms with Crippen molar-refractivity contribution in [2.75, 3.05) is 24.5 Å². The fourth-order valence-corrected chi connectivity index (χ4v) is 4.07. The third-order valence-corrected chi connectivity index (χ3v) is 5.87. The molecule has 0 saturated carbocycles. The molecule has 2 N–H and O–H groups in total. The largest absolute Gasteiger partial charge is 0.341 e. The molecule has 0 radical (unpaired) electrons. The average Bonchev–Trinajstić information content (AvgIpc) is 3.17. The van der Waals surface area contributed by atoms with Crippen LogP contribution in [0.3, 0.4) is 0 Å². The Morgan fingerprint density at radius 1 is 1.07 bits per heavy atom. The van der Waals surface area contributed by atoms with Crippen LogP contribution in [0.25, 0.3) is 5.69 Å². The Kier molecular flexibility index (Phi) is 7.73. The highest BCUT2D eigenvalue weighted by Gasteiger charge is 2.25. The van der Waals surface area contributed by atoms with E-state index in [1.54, 1.807) is 6.92 Å². The molecule has 0 spiro atoms. The summed E-state index contributed by atoms with van der Waals surface area (Å²) in [7, 11) is 0. The van der Waals surface area contributed by atoms with Gasteiger partial charge in [0.15, 0.2) is 5.16 Å². The molecule has 9 heteroatoms. The molecule has 30 heavy (non-hydrogen) atoms. The number of anilines is 1. The van der Waals surface area contributed by atoms with E-state index in [9.17, 15) is 9.59 Å². The average molecular weight is 431 g/mol. The SMILES string of the molecule is CC(C)CNC(=O)NC(=O)C(C)Sc1nnc(N2CCCCC2)n1-c1ccccc1. The minimum atomic E-state index is -0.504. The van der Waals surface area contributed by atoms with Crippen molar-refractivity contribution in [3.63, 3.8) is 0 Å². The topological polar surface area (TPSA) is 92.2 Å². The van der Waals surface area contributed by atoms with Gasteiger partial charge in [-0.15, -0.1) is 10.2 Å². The molecule has 0 aliphatic carbocycles. The highest BCUT2D eigenvalue weighted by atomic mass is 32.2. The molecule has 1 aliphatic rings. The van der Waals surface area contributed by atoms with Crippen LogP contribution in [0.15, 0.2) is 35.5 Å². The Bertz CT molecular complexity index is 848. The number of nitrogens with one attached hydrogen (secondary N) is 2. The highest BCUT2D eigenvalue weighted by Crippen LogP contribution is 2.30. The smallest absolute Gasteiger partial charge is 0.321 e. The number of piperidine rings is 1. The molecule has 3 rings (SSSR count). The van der Waals surface area contributed by atoms with Gasteiger partial charge in [0.25, 0.3) is 0 Å². The van der Waals surface area contributed by atoms with E-state index in [1.807, 2.05) is 48.7 Å². The second kappa shape index (κ2) is 10.5. The zero-order valence-electron chi connectivity index (χ0n) is 17.8. The van der Waals surface area contributed by atoms with Crippen LogP contribution in [0, 0.1) is 5.92 Å². The van der Waals surface area contributed by atoms with Crippen molar-refractivity contribution in [1.29, 1.82) is 0 Å². The van der Waals surface area contributed by atoms with Crippen LogP contribution in [0.2, 0.25) is 0 Å². The van der Waals surface area contributed by atoms with Crippen LogP contribution in [-0.4, -0.2) is 51.6 Å². The normalized spacial score (nSPS) is 15.1. The second-order valence-corrected chi connectivity index (χ2v) is 9.16. The first kappa shape index (κ1) is 22.1. The van der Waals surface area contributed by atoms with E-state index < -0.39 is 11.3 Å². The lowest BCUT2D eigenvalue weighted by Crippen LogP contribution is -2.43. The van der Waals surface area contributed by atoms with Crippen LogP contribution in [-0.2, 0) is 4.79 Å². The third kappa shape index (κ3) is 5.75. The zero-order chi connectivity index (χ0) is 21.5. The van der Waals surface area contributed by atoms with Crippen molar-refractivity contribution in [3.05, 3.63) is 30.3 Å². The molecular weight excluding hydrogens is 400 g/mol. The minimum Gasteiger partial charge on any atom is -0.341 e. The van der Waals surface area contributed by atoms with E-state index in [0.29, 0.717) is 17.6 Å². The fourth-order valence-electron chi connectivity index (χ4n) is 3.21. The summed E-state index contributed by atoms with van der Waals surface area (Å²) in [5.41, 5.74) is 0.952. The third-order valence-electron chi connectivity index (χ3n) is 4.83. The number of benzene rings is 1. The number of para-hydroxylation sites is 1. The quantitative estimate of drug-likeness (QED) is 0.656. The first-order chi connectivity index (χ1) is 14.5. The Morgan fingerprint density at radius 3 is 2.43 bits per heavy atom. The Hall–Kier alpha value is -2.55. The summed E-state index contributed by atoms with van der Waals surface area (Å²) in [5, 5.41) is 14.1. The van der Waals surface area contributed by atoms with Crippen LogP contribution >= 0.6 is 11.8 Å². The van der Waals surface area contributed by atoms with Gasteiger partial charge in [0.1, 0.15) is 0 Å². The molecule has 1 fully saturated rings. The molecule has 1 saturated heterocycles. The molecule has 1 aromatic heterocycles. The highest BCUT2D eigenvalue weighted by molar-refractivity contribution is 8.00. The summed E-state index contributed by atoms with van der Waals surface area (Å²) in [6.45, 7) is 8.17. The predicted molar refractivity (Wildman–Crippen MR) is 119 cm³/mol. The van der Waals surface area contributed by atoms with E-state index in [0.717, 1.165) is 37.6 Å². The van der Waals surface area contributed by atoms with E-state index in [4.69, 9.17) is 0 Å².